The Morgan fingerprint density at radius 1 is 1.14 bits per heavy atom. The fourth-order valence-corrected chi connectivity index (χ4v) is 2.20. The van der Waals surface area contributed by atoms with E-state index in [0.29, 0.717) is 11.6 Å². The van der Waals surface area contributed by atoms with Gasteiger partial charge < -0.3 is 15.1 Å². The first-order chi connectivity index (χ1) is 10.6. The first kappa shape index (κ1) is 14.4. The molecule has 1 fully saturated rings. The molecule has 3 heterocycles. The molecular formula is C13H18N8O. The smallest absolute Gasteiger partial charge is 0.277 e. The number of hydrogen-bond acceptors (Lipinski definition) is 7. The molecule has 2 aromatic heterocycles. The zero-order valence-electron chi connectivity index (χ0n) is 12.6. The summed E-state index contributed by atoms with van der Waals surface area (Å²) < 4.78 is 1.47. The summed E-state index contributed by atoms with van der Waals surface area (Å²) in [5, 5.41) is 10.2. The highest BCUT2D eigenvalue weighted by atomic mass is 16.2. The predicted molar refractivity (Wildman–Crippen MR) is 80.7 cm³/mol. The van der Waals surface area contributed by atoms with E-state index in [1.54, 1.807) is 25.6 Å². The van der Waals surface area contributed by atoms with Gasteiger partial charge in [0.1, 0.15) is 0 Å². The van der Waals surface area contributed by atoms with Gasteiger partial charge in [0.2, 0.25) is 5.95 Å². The van der Waals surface area contributed by atoms with Crippen LogP contribution < -0.4 is 10.2 Å². The monoisotopic (exact) mass is 302 g/mol. The summed E-state index contributed by atoms with van der Waals surface area (Å²) in [6.07, 6.45) is 4.76. The topological polar surface area (TPSA) is 92.1 Å². The summed E-state index contributed by atoms with van der Waals surface area (Å²) >= 11 is 0. The van der Waals surface area contributed by atoms with Crippen LogP contribution >= 0.6 is 0 Å². The third-order valence-electron chi connectivity index (χ3n) is 3.52. The second kappa shape index (κ2) is 6.06. The highest BCUT2D eigenvalue weighted by molar-refractivity contribution is 6.02. The Kier molecular flexibility index (Phi) is 3.96. The largest absolute Gasteiger partial charge is 0.338 e. The summed E-state index contributed by atoms with van der Waals surface area (Å²) in [6.45, 7) is 3.80. The van der Waals surface area contributed by atoms with Crippen molar-refractivity contribution in [3.05, 3.63) is 24.3 Å². The SMILES string of the molecule is CN1CCN(c2ncc(NC(=O)c3cn(C)nn3)cn2)CC1. The first-order valence-corrected chi connectivity index (χ1v) is 7.05. The minimum Gasteiger partial charge on any atom is -0.338 e. The van der Waals surface area contributed by atoms with E-state index in [1.165, 1.54) is 4.68 Å². The Labute approximate surface area is 128 Å². The van der Waals surface area contributed by atoms with E-state index in [4.69, 9.17) is 0 Å². The number of anilines is 2. The van der Waals surface area contributed by atoms with Crippen LogP contribution in [0.1, 0.15) is 10.5 Å². The Bertz CT molecular complexity index is 644. The molecule has 22 heavy (non-hydrogen) atoms. The highest BCUT2D eigenvalue weighted by Crippen LogP contribution is 2.12. The molecule has 9 heteroatoms. The van der Waals surface area contributed by atoms with Crippen LogP contribution in [0.5, 0.6) is 0 Å². The lowest BCUT2D eigenvalue weighted by molar-refractivity contribution is 0.102. The second-order valence-electron chi connectivity index (χ2n) is 5.29. The van der Waals surface area contributed by atoms with Crippen molar-refractivity contribution in [2.24, 2.45) is 7.05 Å². The molecule has 3 rings (SSSR count). The summed E-state index contributed by atoms with van der Waals surface area (Å²) in [5.74, 6) is 0.356. The zero-order chi connectivity index (χ0) is 15.5. The van der Waals surface area contributed by atoms with E-state index >= 15 is 0 Å². The average molecular weight is 302 g/mol. The van der Waals surface area contributed by atoms with E-state index in [0.717, 1.165) is 26.2 Å². The van der Waals surface area contributed by atoms with Crippen LogP contribution in [-0.4, -0.2) is 69.0 Å². The van der Waals surface area contributed by atoms with Crippen molar-refractivity contribution >= 4 is 17.5 Å². The van der Waals surface area contributed by atoms with E-state index in [9.17, 15) is 4.79 Å². The molecular weight excluding hydrogens is 284 g/mol. The van der Waals surface area contributed by atoms with Crippen molar-refractivity contribution in [1.82, 2.24) is 29.9 Å². The van der Waals surface area contributed by atoms with E-state index < -0.39 is 0 Å². The molecule has 1 aliphatic rings. The lowest BCUT2D eigenvalue weighted by Gasteiger charge is -2.32. The minimum absolute atomic E-state index is 0.255. The fraction of sp³-hybridized carbons (Fsp3) is 0.462. The molecule has 0 radical (unpaired) electrons. The van der Waals surface area contributed by atoms with Crippen molar-refractivity contribution in [2.45, 2.75) is 0 Å². The number of nitrogens with zero attached hydrogens (tertiary/aromatic N) is 7. The van der Waals surface area contributed by atoms with Crippen LogP contribution in [0.25, 0.3) is 0 Å². The third-order valence-corrected chi connectivity index (χ3v) is 3.52. The van der Waals surface area contributed by atoms with Crippen molar-refractivity contribution in [3.63, 3.8) is 0 Å². The maximum Gasteiger partial charge on any atom is 0.277 e. The third kappa shape index (κ3) is 3.19. The van der Waals surface area contributed by atoms with Crippen LogP contribution in [0.4, 0.5) is 11.6 Å². The molecule has 0 aromatic carbocycles. The van der Waals surface area contributed by atoms with Crippen molar-refractivity contribution in [2.75, 3.05) is 43.4 Å². The lowest BCUT2D eigenvalue weighted by atomic mass is 10.3. The standard InChI is InChI=1S/C13H18N8O/c1-19-3-5-21(6-4-19)13-14-7-10(8-15-13)16-12(22)11-9-20(2)18-17-11/h7-9H,3-6H2,1-2H3,(H,16,22). The molecule has 2 aromatic rings. The quantitative estimate of drug-likeness (QED) is 0.825. The van der Waals surface area contributed by atoms with Gasteiger partial charge in [-0.1, -0.05) is 5.21 Å². The lowest BCUT2D eigenvalue weighted by Crippen LogP contribution is -2.45. The number of aromatic nitrogens is 5. The number of amides is 1. The minimum atomic E-state index is -0.330. The van der Waals surface area contributed by atoms with Gasteiger partial charge in [-0.25, -0.2) is 9.97 Å². The van der Waals surface area contributed by atoms with Crippen LogP contribution in [0.2, 0.25) is 0 Å². The molecule has 0 bridgehead atoms. The van der Waals surface area contributed by atoms with Gasteiger partial charge in [-0.15, -0.1) is 5.10 Å². The zero-order valence-corrected chi connectivity index (χ0v) is 12.6. The van der Waals surface area contributed by atoms with Gasteiger partial charge >= 0.3 is 0 Å². The molecule has 1 amide bonds. The highest BCUT2D eigenvalue weighted by Gasteiger charge is 2.16. The molecule has 0 spiro atoms. The van der Waals surface area contributed by atoms with Gasteiger partial charge in [0.05, 0.1) is 24.3 Å². The number of carbonyl (C=O) groups is 1. The fourth-order valence-electron chi connectivity index (χ4n) is 2.20. The number of carbonyl (C=O) groups excluding carboxylic acids is 1. The van der Waals surface area contributed by atoms with Gasteiger partial charge in [-0.05, 0) is 7.05 Å². The van der Waals surface area contributed by atoms with E-state index in [2.05, 4.69) is 42.4 Å². The van der Waals surface area contributed by atoms with Crippen molar-refractivity contribution < 1.29 is 4.79 Å². The number of piperazine rings is 1. The Morgan fingerprint density at radius 3 is 2.41 bits per heavy atom. The number of rotatable bonds is 3. The maximum absolute atomic E-state index is 12.0. The Hall–Kier alpha value is -2.55. The van der Waals surface area contributed by atoms with Gasteiger partial charge in [-0.2, -0.15) is 0 Å². The summed E-state index contributed by atoms with van der Waals surface area (Å²) in [6, 6.07) is 0. The molecule has 1 aliphatic heterocycles. The molecule has 1 N–H and O–H groups in total. The Morgan fingerprint density at radius 2 is 1.82 bits per heavy atom. The van der Waals surface area contributed by atoms with Gasteiger partial charge in [-0.3, -0.25) is 9.48 Å². The normalized spacial score (nSPS) is 15.8. The number of nitrogens with one attached hydrogen (secondary N) is 1. The van der Waals surface area contributed by atoms with Gasteiger partial charge in [0.15, 0.2) is 5.69 Å². The van der Waals surface area contributed by atoms with Crippen molar-refractivity contribution in [1.29, 1.82) is 0 Å². The van der Waals surface area contributed by atoms with Crippen LogP contribution in [0.3, 0.4) is 0 Å². The molecule has 0 saturated carbocycles. The number of aryl methyl sites for hydroxylation is 1. The van der Waals surface area contributed by atoms with E-state index in [1.807, 2.05) is 0 Å². The molecule has 116 valence electrons. The number of hydrogen-bond donors (Lipinski definition) is 1. The molecule has 0 aliphatic carbocycles. The van der Waals surface area contributed by atoms with Crippen LogP contribution in [0.15, 0.2) is 18.6 Å². The molecule has 0 unspecified atom stereocenters. The summed E-state index contributed by atoms with van der Waals surface area (Å²) in [4.78, 5) is 25.0. The second-order valence-corrected chi connectivity index (χ2v) is 5.29. The van der Waals surface area contributed by atoms with Crippen LogP contribution in [0, 0.1) is 0 Å². The first-order valence-electron chi connectivity index (χ1n) is 7.05. The maximum atomic E-state index is 12.0. The molecule has 9 nitrogen and oxygen atoms in total. The van der Waals surface area contributed by atoms with Crippen LogP contribution in [-0.2, 0) is 7.05 Å². The van der Waals surface area contributed by atoms with Crippen molar-refractivity contribution in [3.8, 4) is 0 Å². The predicted octanol–water partition coefficient (Wildman–Crippen LogP) is -0.391. The van der Waals surface area contributed by atoms with Gasteiger partial charge in [0, 0.05) is 33.2 Å². The Balaban J connectivity index is 1.63. The average Bonchev–Trinajstić information content (AvgIpc) is 2.96. The molecule has 0 atom stereocenters. The van der Waals surface area contributed by atoms with E-state index in [-0.39, 0.29) is 11.6 Å². The summed E-state index contributed by atoms with van der Waals surface area (Å²) in [7, 11) is 3.81. The summed E-state index contributed by atoms with van der Waals surface area (Å²) in [5.41, 5.74) is 0.791. The van der Waals surface area contributed by atoms with Gasteiger partial charge in [0.25, 0.3) is 5.91 Å². The molecule has 1 saturated heterocycles. The number of likely N-dealkylation sites (N-methyl/N-ethyl adjacent to an activating group) is 1.